The van der Waals surface area contributed by atoms with Crippen LogP contribution in [0, 0.1) is 6.92 Å². The maximum atomic E-state index is 5.60. The summed E-state index contributed by atoms with van der Waals surface area (Å²) >= 11 is 0. The highest BCUT2D eigenvalue weighted by atomic mass is 16.3. The molecule has 1 heterocycles. The number of aryl methyl sites for hydroxylation is 1. The largest absolute Gasteiger partial charge is 0.465 e. The van der Waals surface area contributed by atoms with E-state index >= 15 is 0 Å². The van der Waals surface area contributed by atoms with Gasteiger partial charge in [0.2, 0.25) is 0 Å². The second-order valence-corrected chi connectivity index (χ2v) is 5.29. The SMILES string of the molecule is Cc1ccc(CN(C)C(C)CCNC2CC2)o1. The Hall–Kier alpha value is -0.800. The summed E-state index contributed by atoms with van der Waals surface area (Å²) < 4.78 is 5.60. The molecule has 1 aliphatic rings. The van der Waals surface area contributed by atoms with Crippen LogP contribution in [0.15, 0.2) is 16.5 Å². The van der Waals surface area contributed by atoms with E-state index in [1.165, 1.54) is 19.3 Å². The average Bonchev–Trinajstić information content (AvgIpc) is 3.02. The van der Waals surface area contributed by atoms with Gasteiger partial charge in [-0.25, -0.2) is 0 Å². The molecule has 2 rings (SSSR count). The van der Waals surface area contributed by atoms with Crippen LogP contribution in [0.4, 0.5) is 0 Å². The summed E-state index contributed by atoms with van der Waals surface area (Å²) in [6, 6.07) is 5.51. The Balaban J connectivity index is 1.68. The fourth-order valence-corrected chi connectivity index (χ4v) is 1.98. The van der Waals surface area contributed by atoms with Crippen LogP contribution in [0.1, 0.15) is 37.7 Å². The van der Waals surface area contributed by atoms with Gasteiger partial charge in [0.1, 0.15) is 11.5 Å². The van der Waals surface area contributed by atoms with Gasteiger partial charge in [0.05, 0.1) is 6.54 Å². The van der Waals surface area contributed by atoms with Gasteiger partial charge in [-0.05, 0) is 58.8 Å². The number of nitrogens with one attached hydrogen (secondary N) is 1. The zero-order valence-electron chi connectivity index (χ0n) is 11.2. The maximum Gasteiger partial charge on any atom is 0.118 e. The predicted octanol–water partition coefficient (Wildman–Crippen LogP) is 2.55. The Bertz CT molecular complexity index is 344. The molecule has 0 radical (unpaired) electrons. The topological polar surface area (TPSA) is 28.4 Å². The Kier molecular flexibility index (Phi) is 4.24. The van der Waals surface area contributed by atoms with Gasteiger partial charge >= 0.3 is 0 Å². The molecular weight excluding hydrogens is 212 g/mol. The van der Waals surface area contributed by atoms with Gasteiger partial charge in [-0.3, -0.25) is 4.90 Å². The Labute approximate surface area is 104 Å². The normalized spacial score (nSPS) is 17.6. The molecule has 96 valence electrons. The van der Waals surface area contributed by atoms with Crippen molar-refractivity contribution in [3.05, 3.63) is 23.7 Å². The molecule has 0 bridgehead atoms. The summed E-state index contributed by atoms with van der Waals surface area (Å²) in [7, 11) is 2.17. The average molecular weight is 236 g/mol. The molecule has 1 aromatic rings. The molecule has 0 aliphatic heterocycles. The lowest BCUT2D eigenvalue weighted by atomic mass is 10.2. The maximum absolute atomic E-state index is 5.60. The van der Waals surface area contributed by atoms with Crippen LogP contribution in [0.25, 0.3) is 0 Å². The van der Waals surface area contributed by atoms with Crippen molar-refractivity contribution in [2.24, 2.45) is 0 Å². The number of hydrogen-bond acceptors (Lipinski definition) is 3. The molecule has 1 saturated carbocycles. The van der Waals surface area contributed by atoms with Crippen LogP contribution in [0.5, 0.6) is 0 Å². The van der Waals surface area contributed by atoms with Crippen LogP contribution < -0.4 is 5.32 Å². The molecule has 0 aromatic carbocycles. The van der Waals surface area contributed by atoms with E-state index < -0.39 is 0 Å². The predicted molar refractivity (Wildman–Crippen MR) is 70.0 cm³/mol. The molecular formula is C14H24N2O. The second-order valence-electron chi connectivity index (χ2n) is 5.29. The van der Waals surface area contributed by atoms with Crippen LogP contribution in [-0.2, 0) is 6.54 Å². The number of rotatable bonds is 7. The van der Waals surface area contributed by atoms with Crippen LogP contribution >= 0.6 is 0 Å². The van der Waals surface area contributed by atoms with Gasteiger partial charge in [0, 0.05) is 12.1 Å². The van der Waals surface area contributed by atoms with Gasteiger partial charge in [-0.1, -0.05) is 0 Å². The third kappa shape index (κ3) is 4.17. The molecule has 1 unspecified atom stereocenters. The van der Waals surface area contributed by atoms with Crippen molar-refractivity contribution < 1.29 is 4.42 Å². The van der Waals surface area contributed by atoms with Crippen molar-refractivity contribution in [2.75, 3.05) is 13.6 Å². The highest BCUT2D eigenvalue weighted by molar-refractivity contribution is 5.05. The van der Waals surface area contributed by atoms with Gasteiger partial charge in [-0.15, -0.1) is 0 Å². The molecule has 1 aliphatic carbocycles. The van der Waals surface area contributed by atoms with E-state index in [1.807, 2.05) is 13.0 Å². The van der Waals surface area contributed by atoms with Gasteiger partial charge < -0.3 is 9.73 Å². The Morgan fingerprint density at radius 3 is 2.82 bits per heavy atom. The van der Waals surface area contributed by atoms with E-state index in [9.17, 15) is 0 Å². The molecule has 1 fully saturated rings. The Morgan fingerprint density at radius 2 is 2.24 bits per heavy atom. The molecule has 0 spiro atoms. The lowest BCUT2D eigenvalue weighted by Crippen LogP contribution is -2.32. The third-order valence-electron chi connectivity index (χ3n) is 3.53. The zero-order chi connectivity index (χ0) is 12.3. The first-order chi connectivity index (χ1) is 8.15. The molecule has 3 nitrogen and oxygen atoms in total. The van der Waals surface area contributed by atoms with Gasteiger partial charge in [0.15, 0.2) is 0 Å². The summed E-state index contributed by atoms with van der Waals surface area (Å²) in [6.07, 6.45) is 3.94. The second kappa shape index (κ2) is 5.69. The van der Waals surface area contributed by atoms with Crippen LogP contribution in [-0.4, -0.2) is 30.6 Å². The lowest BCUT2D eigenvalue weighted by molar-refractivity contribution is 0.218. The van der Waals surface area contributed by atoms with E-state index in [1.54, 1.807) is 0 Å². The molecule has 0 amide bonds. The fourth-order valence-electron chi connectivity index (χ4n) is 1.98. The van der Waals surface area contributed by atoms with E-state index in [2.05, 4.69) is 30.3 Å². The summed E-state index contributed by atoms with van der Waals surface area (Å²) in [5.74, 6) is 2.06. The molecule has 3 heteroatoms. The van der Waals surface area contributed by atoms with Crippen molar-refractivity contribution >= 4 is 0 Å². The molecule has 1 N–H and O–H groups in total. The monoisotopic (exact) mass is 236 g/mol. The third-order valence-corrected chi connectivity index (χ3v) is 3.53. The lowest BCUT2D eigenvalue weighted by Gasteiger charge is -2.23. The highest BCUT2D eigenvalue weighted by Crippen LogP contribution is 2.18. The minimum atomic E-state index is 0.589. The van der Waals surface area contributed by atoms with Crippen molar-refractivity contribution in [3.63, 3.8) is 0 Å². The minimum absolute atomic E-state index is 0.589. The molecule has 17 heavy (non-hydrogen) atoms. The van der Waals surface area contributed by atoms with Crippen molar-refractivity contribution in [1.82, 2.24) is 10.2 Å². The van der Waals surface area contributed by atoms with Crippen molar-refractivity contribution in [1.29, 1.82) is 0 Å². The first-order valence-corrected chi connectivity index (χ1v) is 6.64. The first kappa shape index (κ1) is 12.7. The zero-order valence-corrected chi connectivity index (χ0v) is 11.2. The summed E-state index contributed by atoms with van der Waals surface area (Å²) in [5, 5.41) is 3.56. The van der Waals surface area contributed by atoms with Crippen LogP contribution in [0.3, 0.4) is 0 Å². The van der Waals surface area contributed by atoms with Crippen LogP contribution in [0.2, 0.25) is 0 Å². The van der Waals surface area contributed by atoms with Gasteiger partial charge in [-0.2, -0.15) is 0 Å². The number of furan rings is 1. The van der Waals surface area contributed by atoms with Crippen molar-refractivity contribution in [3.8, 4) is 0 Å². The van der Waals surface area contributed by atoms with Gasteiger partial charge in [0.25, 0.3) is 0 Å². The number of nitrogens with zero attached hydrogens (tertiary/aromatic N) is 1. The first-order valence-electron chi connectivity index (χ1n) is 6.64. The fraction of sp³-hybridized carbons (Fsp3) is 0.714. The Morgan fingerprint density at radius 1 is 1.47 bits per heavy atom. The van der Waals surface area contributed by atoms with E-state index in [-0.39, 0.29) is 0 Å². The van der Waals surface area contributed by atoms with Crippen molar-refractivity contribution in [2.45, 2.75) is 51.7 Å². The number of hydrogen-bond donors (Lipinski definition) is 1. The summed E-state index contributed by atoms with van der Waals surface area (Å²) in [4.78, 5) is 2.35. The summed E-state index contributed by atoms with van der Waals surface area (Å²) in [6.45, 7) is 6.31. The molecule has 1 aromatic heterocycles. The molecule has 1 atom stereocenters. The quantitative estimate of drug-likeness (QED) is 0.788. The molecule has 0 saturated heterocycles. The van der Waals surface area contributed by atoms with E-state index in [4.69, 9.17) is 4.42 Å². The minimum Gasteiger partial charge on any atom is -0.465 e. The highest BCUT2D eigenvalue weighted by Gasteiger charge is 2.20. The van der Waals surface area contributed by atoms with E-state index in [0.29, 0.717) is 6.04 Å². The standard InChI is InChI=1S/C14H24N2O/c1-11(8-9-15-13-5-6-13)16(3)10-14-7-4-12(2)17-14/h4,7,11,13,15H,5-6,8-10H2,1-3H3. The van der Waals surface area contributed by atoms with E-state index in [0.717, 1.165) is 30.7 Å². The smallest absolute Gasteiger partial charge is 0.118 e. The summed E-state index contributed by atoms with van der Waals surface area (Å²) in [5.41, 5.74) is 0.